The molecule has 25 heavy (non-hydrogen) atoms. The number of benzene rings is 2. The van der Waals surface area contributed by atoms with Crippen LogP contribution in [0.3, 0.4) is 0 Å². The molecule has 0 spiro atoms. The van der Waals surface area contributed by atoms with Gasteiger partial charge in [-0.05, 0) is 53.9 Å². The van der Waals surface area contributed by atoms with Crippen LogP contribution in [0.5, 0.6) is 17.2 Å². The summed E-state index contributed by atoms with van der Waals surface area (Å²) in [7, 11) is 4.90. The fourth-order valence-corrected chi connectivity index (χ4v) is 3.15. The zero-order chi connectivity index (χ0) is 17.8. The molecule has 0 aromatic heterocycles. The van der Waals surface area contributed by atoms with Crippen molar-refractivity contribution in [3.05, 3.63) is 53.1 Å². The average molecular weight is 341 g/mol. The summed E-state index contributed by atoms with van der Waals surface area (Å²) < 4.78 is 15.9. The van der Waals surface area contributed by atoms with Gasteiger partial charge in [-0.2, -0.15) is 0 Å². The number of rotatable bonds is 6. The Hall–Kier alpha value is -2.53. The first-order chi connectivity index (χ1) is 12.1. The second kappa shape index (κ2) is 7.57. The zero-order valence-corrected chi connectivity index (χ0v) is 14.9. The van der Waals surface area contributed by atoms with Crippen molar-refractivity contribution in [3.63, 3.8) is 0 Å². The van der Waals surface area contributed by atoms with Crippen LogP contribution >= 0.6 is 0 Å². The molecule has 0 fully saturated rings. The molecule has 2 aromatic carbocycles. The predicted molar refractivity (Wildman–Crippen MR) is 95.9 cm³/mol. The molecule has 1 heterocycles. The minimum absolute atomic E-state index is 0.117. The van der Waals surface area contributed by atoms with E-state index in [-0.39, 0.29) is 5.78 Å². The molecule has 0 saturated heterocycles. The van der Waals surface area contributed by atoms with E-state index in [2.05, 4.69) is 4.90 Å². The average Bonchev–Trinajstić information content (AvgIpc) is 2.66. The van der Waals surface area contributed by atoms with Crippen molar-refractivity contribution in [3.8, 4) is 17.2 Å². The van der Waals surface area contributed by atoms with Gasteiger partial charge >= 0.3 is 0 Å². The number of fused-ring (bicyclic) bond motifs is 1. The maximum atomic E-state index is 12.5. The topological polar surface area (TPSA) is 48.0 Å². The molecular weight excluding hydrogens is 318 g/mol. The van der Waals surface area contributed by atoms with E-state index in [1.54, 1.807) is 21.3 Å². The molecule has 0 amide bonds. The largest absolute Gasteiger partial charge is 0.497 e. The molecule has 0 radical (unpaired) electrons. The van der Waals surface area contributed by atoms with E-state index in [9.17, 15) is 4.79 Å². The quantitative estimate of drug-likeness (QED) is 0.756. The van der Waals surface area contributed by atoms with Crippen molar-refractivity contribution in [1.29, 1.82) is 0 Å². The van der Waals surface area contributed by atoms with E-state index in [0.29, 0.717) is 12.1 Å². The van der Waals surface area contributed by atoms with Gasteiger partial charge < -0.3 is 14.2 Å². The highest BCUT2D eigenvalue weighted by Crippen LogP contribution is 2.33. The summed E-state index contributed by atoms with van der Waals surface area (Å²) >= 11 is 0. The monoisotopic (exact) mass is 341 g/mol. The van der Waals surface area contributed by atoms with Crippen molar-refractivity contribution < 1.29 is 19.0 Å². The molecule has 0 aliphatic carbocycles. The smallest absolute Gasteiger partial charge is 0.176 e. The lowest BCUT2D eigenvalue weighted by molar-refractivity contribution is 0.0921. The molecule has 0 saturated carbocycles. The third kappa shape index (κ3) is 3.77. The number of hydrogen-bond donors (Lipinski definition) is 0. The Morgan fingerprint density at radius 1 is 0.960 bits per heavy atom. The molecule has 0 unspecified atom stereocenters. The third-order valence-electron chi connectivity index (χ3n) is 4.58. The molecular formula is C20H23NO4. The van der Waals surface area contributed by atoms with Gasteiger partial charge in [-0.15, -0.1) is 0 Å². The third-order valence-corrected chi connectivity index (χ3v) is 4.58. The molecule has 3 rings (SSSR count). The van der Waals surface area contributed by atoms with Gasteiger partial charge in [0.05, 0.1) is 27.9 Å². The first kappa shape index (κ1) is 17.3. The number of hydrogen-bond acceptors (Lipinski definition) is 5. The Morgan fingerprint density at radius 2 is 1.60 bits per heavy atom. The maximum Gasteiger partial charge on any atom is 0.176 e. The number of ketones is 1. The van der Waals surface area contributed by atoms with Crippen LogP contribution < -0.4 is 14.2 Å². The highest BCUT2D eigenvalue weighted by molar-refractivity contribution is 5.97. The van der Waals surface area contributed by atoms with E-state index in [4.69, 9.17) is 14.2 Å². The lowest BCUT2D eigenvalue weighted by atomic mass is 9.98. The summed E-state index contributed by atoms with van der Waals surface area (Å²) in [4.78, 5) is 14.7. The molecule has 5 nitrogen and oxygen atoms in total. The molecule has 5 heteroatoms. The van der Waals surface area contributed by atoms with Crippen LogP contribution in [0.2, 0.25) is 0 Å². The molecule has 0 bridgehead atoms. The van der Waals surface area contributed by atoms with E-state index >= 15 is 0 Å². The van der Waals surface area contributed by atoms with E-state index in [0.717, 1.165) is 36.8 Å². The Labute approximate surface area is 148 Å². The second-order valence-electron chi connectivity index (χ2n) is 6.09. The first-order valence-corrected chi connectivity index (χ1v) is 8.28. The van der Waals surface area contributed by atoms with Gasteiger partial charge in [-0.3, -0.25) is 9.69 Å². The Morgan fingerprint density at radius 3 is 2.20 bits per heavy atom. The van der Waals surface area contributed by atoms with Gasteiger partial charge in [0, 0.05) is 18.7 Å². The van der Waals surface area contributed by atoms with Crippen LogP contribution in [-0.2, 0) is 13.0 Å². The van der Waals surface area contributed by atoms with Crippen molar-refractivity contribution in [1.82, 2.24) is 4.90 Å². The fraction of sp³-hybridized carbons (Fsp3) is 0.350. The summed E-state index contributed by atoms with van der Waals surface area (Å²) in [5.41, 5.74) is 3.15. The van der Waals surface area contributed by atoms with E-state index < -0.39 is 0 Å². The normalized spacial score (nSPS) is 13.9. The number of carbonyl (C=O) groups excluding carboxylic acids is 1. The minimum Gasteiger partial charge on any atom is -0.497 e. The van der Waals surface area contributed by atoms with E-state index in [1.807, 2.05) is 36.4 Å². The van der Waals surface area contributed by atoms with Crippen molar-refractivity contribution >= 4 is 5.78 Å². The lowest BCUT2D eigenvalue weighted by Gasteiger charge is -2.29. The first-order valence-electron chi connectivity index (χ1n) is 8.28. The highest BCUT2D eigenvalue weighted by atomic mass is 16.5. The van der Waals surface area contributed by atoms with Gasteiger partial charge in [0.1, 0.15) is 5.75 Å². The van der Waals surface area contributed by atoms with Crippen LogP contribution in [0.1, 0.15) is 21.5 Å². The summed E-state index contributed by atoms with van der Waals surface area (Å²) in [5.74, 6) is 2.35. The highest BCUT2D eigenvalue weighted by Gasteiger charge is 2.21. The second-order valence-corrected chi connectivity index (χ2v) is 6.09. The van der Waals surface area contributed by atoms with Gasteiger partial charge in [-0.1, -0.05) is 0 Å². The summed E-state index contributed by atoms with van der Waals surface area (Å²) in [6.45, 7) is 1.99. The Kier molecular flexibility index (Phi) is 5.24. The zero-order valence-electron chi connectivity index (χ0n) is 14.9. The number of carbonyl (C=O) groups is 1. The predicted octanol–water partition coefficient (Wildman–Crippen LogP) is 2.95. The number of methoxy groups -OCH3 is 3. The van der Waals surface area contributed by atoms with Gasteiger partial charge in [0.2, 0.25) is 0 Å². The fourth-order valence-electron chi connectivity index (χ4n) is 3.15. The van der Waals surface area contributed by atoms with E-state index in [1.165, 1.54) is 11.1 Å². The van der Waals surface area contributed by atoms with Crippen molar-refractivity contribution in [2.24, 2.45) is 0 Å². The Balaban J connectivity index is 1.70. The van der Waals surface area contributed by atoms with Gasteiger partial charge in [-0.25, -0.2) is 0 Å². The molecule has 0 atom stereocenters. The van der Waals surface area contributed by atoms with Gasteiger partial charge in [0.25, 0.3) is 0 Å². The molecule has 132 valence electrons. The van der Waals surface area contributed by atoms with Crippen LogP contribution in [0.25, 0.3) is 0 Å². The number of nitrogens with zero attached hydrogens (tertiary/aromatic N) is 1. The number of ether oxygens (including phenoxy) is 3. The minimum atomic E-state index is 0.117. The Bertz CT molecular complexity index is 755. The standard InChI is InChI=1S/C20H23NO4/c1-23-17-6-4-14(5-7-17)18(22)13-21-9-8-15-10-19(24-2)20(25-3)11-16(15)12-21/h4-7,10-11H,8-9,12-13H2,1-3H3. The van der Waals surface area contributed by atoms with Crippen molar-refractivity contribution in [2.75, 3.05) is 34.4 Å². The molecule has 1 aliphatic rings. The van der Waals surface area contributed by atoms with Gasteiger partial charge in [0.15, 0.2) is 17.3 Å². The lowest BCUT2D eigenvalue weighted by Crippen LogP contribution is -2.34. The molecule has 0 N–H and O–H groups in total. The van der Waals surface area contributed by atoms with Crippen LogP contribution in [0, 0.1) is 0 Å². The summed E-state index contributed by atoms with van der Waals surface area (Å²) in [5, 5.41) is 0. The summed E-state index contributed by atoms with van der Waals surface area (Å²) in [6.07, 6.45) is 0.894. The summed E-state index contributed by atoms with van der Waals surface area (Å²) in [6, 6.07) is 11.3. The van der Waals surface area contributed by atoms with Crippen LogP contribution in [-0.4, -0.2) is 45.1 Å². The van der Waals surface area contributed by atoms with Crippen molar-refractivity contribution in [2.45, 2.75) is 13.0 Å². The molecule has 2 aromatic rings. The van der Waals surface area contributed by atoms with Crippen LogP contribution in [0.4, 0.5) is 0 Å². The molecule has 1 aliphatic heterocycles. The maximum absolute atomic E-state index is 12.5. The number of Topliss-reactive ketones (excluding diaryl/α,β-unsaturated/α-hetero) is 1. The van der Waals surface area contributed by atoms with Crippen LogP contribution in [0.15, 0.2) is 36.4 Å². The SMILES string of the molecule is COc1ccc(C(=O)CN2CCc3cc(OC)c(OC)cc3C2)cc1.